The molecule has 1 amide bonds. The summed E-state index contributed by atoms with van der Waals surface area (Å²) in [6.45, 7) is 1.91. The van der Waals surface area contributed by atoms with E-state index < -0.39 is 0 Å². The lowest BCUT2D eigenvalue weighted by molar-refractivity contribution is -0.116. The van der Waals surface area contributed by atoms with Crippen molar-refractivity contribution in [1.29, 1.82) is 0 Å². The first-order valence-corrected chi connectivity index (χ1v) is 6.97. The van der Waals surface area contributed by atoms with Gasteiger partial charge in [0, 0.05) is 12.6 Å². The van der Waals surface area contributed by atoms with E-state index in [4.69, 9.17) is 0 Å². The maximum absolute atomic E-state index is 11.9. The molecule has 18 heavy (non-hydrogen) atoms. The van der Waals surface area contributed by atoms with Crippen molar-refractivity contribution in [3.8, 4) is 0 Å². The molecule has 98 valence electrons. The van der Waals surface area contributed by atoms with E-state index in [-0.39, 0.29) is 5.91 Å². The molecule has 1 aromatic heterocycles. The van der Waals surface area contributed by atoms with Crippen molar-refractivity contribution in [2.45, 2.75) is 51.9 Å². The van der Waals surface area contributed by atoms with E-state index in [9.17, 15) is 4.79 Å². The van der Waals surface area contributed by atoms with Gasteiger partial charge in [0.2, 0.25) is 5.91 Å². The summed E-state index contributed by atoms with van der Waals surface area (Å²) in [4.78, 5) is 16.0. The Bertz CT molecular complexity index is 397. The number of aryl methyl sites for hydroxylation is 1. The molecule has 1 saturated carbocycles. The molecule has 2 rings (SSSR count). The first kappa shape index (κ1) is 13.1. The highest BCUT2D eigenvalue weighted by Gasteiger charge is 2.15. The van der Waals surface area contributed by atoms with Crippen LogP contribution < -0.4 is 5.32 Å². The third-order valence-electron chi connectivity index (χ3n) is 3.79. The Labute approximate surface area is 109 Å². The van der Waals surface area contributed by atoms with E-state index in [1.807, 2.05) is 19.1 Å². The zero-order valence-electron chi connectivity index (χ0n) is 11.1. The first-order chi connectivity index (χ1) is 8.75. The highest BCUT2D eigenvalue weighted by molar-refractivity contribution is 5.91. The average Bonchev–Trinajstić information content (AvgIpc) is 2.40. The lowest BCUT2D eigenvalue weighted by Crippen LogP contribution is -2.15. The first-order valence-electron chi connectivity index (χ1n) is 6.97. The zero-order chi connectivity index (χ0) is 12.8. The van der Waals surface area contributed by atoms with Gasteiger partial charge in [-0.1, -0.05) is 32.1 Å². The van der Waals surface area contributed by atoms with Crippen molar-refractivity contribution in [3.63, 3.8) is 0 Å². The molecular formula is C15H22N2O. The number of hydrogen-bond donors (Lipinski definition) is 1. The van der Waals surface area contributed by atoms with Crippen LogP contribution in [-0.2, 0) is 4.79 Å². The predicted molar refractivity (Wildman–Crippen MR) is 73.4 cm³/mol. The molecule has 0 spiro atoms. The monoisotopic (exact) mass is 246 g/mol. The van der Waals surface area contributed by atoms with Crippen LogP contribution in [0.4, 0.5) is 5.69 Å². The topological polar surface area (TPSA) is 42.0 Å². The second-order valence-corrected chi connectivity index (χ2v) is 5.23. The fraction of sp³-hybridized carbons (Fsp3) is 0.600. The van der Waals surface area contributed by atoms with Crippen molar-refractivity contribution in [2.24, 2.45) is 5.92 Å². The minimum absolute atomic E-state index is 0.122. The van der Waals surface area contributed by atoms with Crippen molar-refractivity contribution in [1.82, 2.24) is 4.98 Å². The minimum atomic E-state index is 0.122. The third-order valence-corrected chi connectivity index (χ3v) is 3.79. The Hall–Kier alpha value is -1.38. The molecule has 0 aliphatic heterocycles. The fourth-order valence-electron chi connectivity index (χ4n) is 2.64. The zero-order valence-corrected chi connectivity index (χ0v) is 11.1. The summed E-state index contributed by atoms with van der Waals surface area (Å²) >= 11 is 0. The van der Waals surface area contributed by atoms with Gasteiger partial charge < -0.3 is 5.32 Å². The number of amides is 1. The largest absolute Gasteiger partial charge is 0.325 e. The molecule has 1 N–H and O–H groups in total. The number of carbonyl (C=O) groups is 1. The van der Waals surface area contributed by atoms with E-state index in [2.05, 4.69) is 10.3 Å². The number of carbonyl (C=O) groups excluding carboxylic acids is 1. The summed E-state index contributed by atoms with van der Waals surface area (Å²) in [7, 11) is 0. The van der Waals surface area contributed by atoms with Gasteiger partial charge in [-0.2, -0.15) is 0 Å². The highest BCUT2D eigenvalue weighted by Crippen LogP contribution is 2.27. The molecule has 0 unspecified atom stereocenters. The Morgan fingerprint density at radius 3 is 2.89 bits per heavy atom. The second-order valence-electron chi connectivity index (χ2n) is 5.23. The van der Waals surface area contributed by atoms with Crippen LogP contribution >= 0.6 is 0 Å². The van der Waals surface area contributed by atoms with Crippen LogP contribution in [0.1, 0.15) is 50.6 Å². The van der Waals surface area contributed by atoms with Gasteiger partial charge in [-0.3, -0.25) is 9.78 Å². The molecule has 3 heteroatoms. The predicted octanol–water partition coefficient (Wildman–Crippen LogP) is 3.69. The maximum Gasteiger partial charge on any atom is 0.224 e. The second kappa shape index (κ2) is 6.53. The summed E-state index contributed by atoms with van der Waals surface area (Å²) in [6.07, 6.45) is 10.1. The lowest BCUT2D eigenvalue weighted by atomic mass is 9.86. The molecular weight excluding hydrogens is 224 g/mol. The van der Waals surface area contributed by atoms with Crippen molar-refractivity contribution >= 4 is 11.6 Å². The van der Waals surface area contributed by atoms with Gasteiger partial charge in [0.25, 0.3) is 0 Å². The van der Waals surface area contributed by atoms with Crippen LogP contribution in [0, 0.1) is 12.8 Å². The molecule has 3 nitrogen and oxygen atoms in total. The van der Waals surface area contributed by atoms with Gasteiger partial charge in [-0.15, -0.1) is 0 Å². The Morgan fingerprint density at radius 2 is 2.17 bits per heavy atom. The third kappa shape index (κ3) is 3.83. The molecule has 1 heterocycles. The number of hydrogen-bond acceptors (Lipinski definition) is 2. The number of rotatable bonds is 4. The van der Waals surface area contributed by atoms with Crippen molar-refractivity contribution < 1.29 is 4.79 Å². The minimum Gasteiger partial charge on any atom is -0.325 e. The normalized spacial score (nSPS) is 16.5. The number of pyridine rings is 1. The van der Waals surface area contributed by atoms with Crippen LogP contribution in [0.15, 0.2) is 18.3 Å². The summed E-state index contributed by atoms with van der Waals surface area (Å²) in [5.74, 6) is 0.885. The van der Waals surface area contributed by atoms with Crippen molar-refractivity contribution in [2.75, 3.05) is 5.32 Å². The van der Waals surface area contributed by atoms with Crippen LogP contribution in [0.2, 0.25) is 0 Å². The summed E-state index contributed by atoms with van der Waals surface area (Å²) in [6, 6.07) is 3.75. The molecule has 0 bridgehead atoms. The highest BCUT2D eigenvalue weighted by atomic mass is 16.1. The smallest absolute Gasteiger partial charge is 0.224 e. The van der Waals surface area contributed by atoms with Crippen LogP contribution in [-0.4, -0.2) is 10.9 Å². The number of nitrogens with zero attached hydrogens (tertiary/aromatic N) is 1. The van der Waals surface area contributed by atoms with Crippen LogP contribution in [0.3, 0.4) is 0 Å². The molecule has 0 saturated heterocycles. The molecule has 0 aromatic carbocycles. The Balaban J connectivity index is 1.76. The molecule has 1 aliphatic rings. The standard InChI is InChI=1S/C15H22N2O/c1-12-14(8-5-11-16-12)17-15(18)10-9-13-6-3-2-4-7-13/h5,8,11,13H,2-4,6-7,9-10H2,1H3,(H,17,18). The van der Waals surface area contributed by atoms with E-state index in [1.165, 1.54) is 32.1 Å². The van der Waals surface area contributed by atoms with Gasteiger partial charge >= 0.3 is 0 Å². The van der Waals surface area contributed by atoms with Gasteiger partial charge in [0.1, 0.15) is 0 Å². The van der Waals surface area contributed by atoms with E-state index in [0.717, 1.165) is 23.7 Å². The maximum atomic E-state index is 11.9. The summed E-state index contributed by atoms with van der Waals surface area (Å²) in [5, 5.41) is 2.95. The summed E-state index contributed by atoms with van der Waals surface area (Å²) < 4.78 is 0. The van der Waals surface area contributed by atoms with Crippen LogP contribution in [0.5, 0.6) is 0 Å². The van der Waals surface area contributed by atoms with E-state index in [1.54, 1.807) is 6.20 Å². The van der Waals surface area contributed by atoms with Gasteiger partial charge in [-0.05, 0) is 31.4 Å². The van der Waals surface area contributed by atoms with Gasteiger partial charge in [0.15, 0.2) is 0 Å². The van der Waals surface area contributed by atoms with Gasteiger partial charge in [0.05, 0.1) is 11.4 Å². The average molecular weight is 246 g/mol. The SMILES string of the molecule is Cc1ncccc1NC(=O)CCC1CCCCC1. The number of anilines is 1. The van der Waals surface area contributed by atoms with Crippen LogP contribution in [0.25, 0.3) is 0 Å². The Morgan fingerprint density at radius 1 is 1.39 bits per heavy atom. The van der Waals surface area contributed by atoms with E-state index >= 15 is 0 Å². The quantitative estimate of drug-likeness (QED) is 0.880. The summed E-state index contributed by atoms with van der Waals surface area (Å²) in [5.41, 5.74) is 1.72. The molecule has 0 atom stereocenters. The molecule has 1 aromatic rings. The molecule has 1 fully saturated rings. The number of nitrogens with one attached hydrogen (secondary N) is 1. The molecule has 1 aliphatic carbocycles. The van der Waals surface area contributed by atoms with Crippen molar-refractivity contribution in [3.05, 3.63) is 24.0 Å². The fourth-order valence-corrected chi connectivity index (χ4v) is 2.64. The number of aromatic nitrogens is 1. The molecule has 0 radical (unpaired) electrons. The Kier molecular flexibility index (Phi) is 4.73. The van der Waals surface area contributed by atoms with Gasteiger partial charge in [-0.25, -0.2) is 0 Å². The van der Waals surface area contributed by atoms with E-state index in [0.29, 0.717) is 6.42 Å². The lowest BCUT2D eigenvalue weighted by Gasteiger charge is -2.21.